The van der Waals surface area contributed by atoms with Crippen molar-refractivity contribution in [1.29, 1.82) is 0 Å². The van der Waals surface area contributed by atoms with E-state index in [0.717, 1.165) is 43.3 Å². The molecule has 132 valence electrons. The second-order valence-corrected chi connectivity index (χ2v) is 6.88. The van der Waals surface area contributed by atoms with E-state index in [1.807, 2.05) is 36.1 Å². The maximum atomic E-state index is 12.7. The van der Waals surface area contributed by atoms with E-state index in [-0.39, 0.29) is 5.91 Å². The van der Waals surface area contributed by atoms with Crippen LogP contribution in [0.2, 0.25) is 0 Å². The minimum Gasteiger partial charge on any atom is -0.494 e. The Bertz CT molecular complexity index is 745. The lowest BCUT2D eigenvalue weighted by Gasteiger charge is -2.31. The van der Waals surface area contributed by atoms with Crippen LogP contribution in [0, 0.1) is 0 Å². The van der Waals surface area contributed by atoms with Gasteiger partial charge in [-0.15, -0.1) is 0 Å². The molecule has 6 nitrogen and oxygen atoms in total. The highest BCUT2D eigenvalue weighted by Gasteiger charge is 2.30. The van der Waals surface area contributed by atoms with Crippen molar-refractivity contribution in [2.24, 2.45) is 0 Å². The zero-order valence-corrected chi connectivity index (χ0v) is 14.6. The van der Waals surface area contributed by atoms with E-state index in [9.17, 15) is 4.79 Å². The Morgan fingerprint density at radius 1 is 1.24 bits per heavy atom. The number of hydrogen-bond acceptors (Lipinski definition) is 4. The summed E-state index contributed by atoms with van der Waals surface area (Å²) in [5.41, 5.74) is 0.695. The number of H-pyrrole nitrogens is 1. The molecule has 0 spiro atoms. The van der Waals surface area contributed by atoms with Gasteiger partial charge in [-0.25, -0.2) is 4.98 Å². The first-order valence-electron chi connectivity index (χ1n) is 9.19. The minimum absolute atomic E-state index is 0.0799. The first-order valence-corrected chi connectivity index (χ1v) is 9.19. The molecule has 2 aromatic rings. The zero-order chi connectivity index (χ0) is 17.2. The first kappa shape index (κ1) is 16.1. The summed E-state index contributed by atoms with van der Waals surface area (Å²) >= 11 is 0. The van der Waals surface area contributed by atoms with Crippen molar-refractivity contribution in [3.8, 4) is 5.75 Å². The van der Waals surface area contributed by atoms with Gasteiger partial charge in [-0.05, 0) is 50.8 Å². The second kappa shape index (κ2) is 6.86. The van der Waals surface area contributed by atoms with Gasteiger partial charge < -0.3 is 9.64 Å². The standard InChI is InChI=1S/C19H24N4O2/c1-2-25-16-5-3-4-15(12-16)19(24)23-10-8-14(9-11-23)18-20-17(21-22-18)13-6-7-13/h3-5,12-14H,2,6-11H2,1H3,(H,20,21,22). The van der Waals surface area contributed by atoms with Gasteiger partial charge in [0, 0.05) is 30.5 Å². The number of amides is 1. The smallest absolute Gasteiger partial charge is 0.253 e. The maximum absolute atomic E-state index is 12.7. The summed E-state index contributed by atoms with van der Waals surface area (Å²) in [6, 6.07) is 7.44. The molecule has 25 heavy (non-hydrogen) atoms. The van der Waals surface area contributed by atoms with Gasteiger partial charge in [0.2, 0.25) is 0 Å². The Morgan fingerprint density at radius 3 is 2.76 bits per heavy atom. The molecular weight excluding hydrogens is 316 g/mol. The lowest BCUT2D eigenvalue weighted by molar-refractivity contribution is 0.0710. The molecule has 4 rings (SSSR count). The van der Waals surface area contributed by atoms with Gasteiger partial charge >= 0.3 is 0 Å². The van der Waals surface area contributed by atoms with Crippen molar-refractivity contribution in [3.63, 3.8) is 0 Å². The average Bonchev–Trinajstić information content (AvgIpc) is 3.39. The number of rotatable bonds is 5. The number of carbonyl (C=O) groups excluding carboxylic acids is 1. The number of likely N-dealkylation sites (tertiary alicyclic amines) is 1. The molecule has 1 N–H and O–H groups in total. The molecule has 1 aliphatic heterocycles. The largest absolute Gasteiger partial charge is 0.494 e. The molecule has 2 aliphatic rings. The molecule has 2 fully saturated rings. The summed E-state index contributed by atoms with van der Waals surface area (Å²) in [4.78, 5) is 19.3. The molecule has 0 radical (unpaired) electrons. The number of hydrogen-bond donors (Lipinski definition) is 1. The molecule has 1 aliphatic carbocycles. The number of benzene rings is 1. The Balaban J connectivity index is 1.37. The van der Waals surface area contributed by atoms with E-state index in [1.54, 1.807) is 0 Å². The number of nitrogens with zero attached hydrogens (tertiary/aromatic N) is 3. The van der Waals surface area contributed by atoms with E-state index < -0.39 is 0 Å². The third-order valence-electron chi connectivity index (χ3n) is 5.02. The van der Waals surface area contributed by atoms with Crippen LogP contribution in [0.4, 0.5) is 0 Å². The van der Waals surface area contributed by atoms with Crippen molar-refractivity contribution in [2.45, 2.75) is 44.4 Å². The third kappa shape index (κ3) is 3.52. The van der Waals surface area contributed by atoms with Crippen LogP contribution in [-0.4, -0.2) is 45.7 Å². The summed E-state index contributed by atoms with van der Waals surface area (Å²) in [6.45, 7) is 4.05. The van der Waals surface area contributed by atoms with Gasteiger partial charge in [-0.3, -0.25) is 9.89 Å². The second-order valence-electron chi connectivity index (χ2n) is 6.88. The van der Waals surface area contributed by atoms with Crippen LogP contribution in [0.15, 0.2) is 24.3 Å². The number of carbonyl (C=O) groups is 1. The van der Waals surface area contributed by atoms with Gasteiger partial charge in [-0.1, -0.05) is 6.07 Å². The molecule has 1 saturated carbocycles. The quantitative estimate of drug-likeness (QED) is 0.908. The fraction of sp³-hybridized carbons (Fsp3) is 0.526. The predicted molar refractivity (Wildman–Crippen MR) is 93.8 cm³/mol. The molecule has 0 bridgehead atoms. The Morgan fingerprint density at radius 2 is 2.04 bits per heavy atom. The molecule has 1 aromatic heterocycles. The van der Waals surface area contributed by atoms with Gasteiger partial charge in [0.05, 0.1) is 6.61 Å². The van der Waals surface area contributed by atoms with Gasteiger partial charge in [0.25, 0.3) is 5.91 Å². The molecule has 1 saturated heterocycles. The fourth-order valence-electron chi connectivity index (χ4n) is 3.42. The van der Waals surface area contributed by atoms with E-state index in [4.69, 9.17) is 4.74 Å². The third-order valence-corrected chi connectivity index (χ3v) is 5.02. The van der Waals surface area contributed by atoms with Crippen molar-refractivity contribution in [2.75, 3.05) is 19.7 Å². The monoisotopic (exact) mass is 340 g/mol. The molecular formula is C19H24N4O2. The molecule has 1 amide bonds. The number of ether oxygens (including phenoxy) is 1. The van der Waals surface area contributed by atoms with Crippen LogP contribution in [0.25, 0.3) is 0 Å². The number of piperidine rings is 1. The number of aromatic amines is 1. The Labute approximate surface area is 147 Å². The zero-order valence-electron chi connectivity index (χ0n) is 14.6. The summed E-state index contributed by atoms with van der Waals surface area (Å²) in [7, 11) is 0. The Hall–Kier alpha value is -2.37. The number of aromatic nitrogens is 3. The van der Waals surface area contributed by atoms with E-state index in [0.29, 0.717) is 24.0 Å². The first-order chi connectivity index (χ1) is 12.2. The molecule has 0 atom stereocenters. The van der Waals surface area contributed by atoms with Crippen LogP contribution in [-0.2, 0) is 0 Å². The fourth-order valence-corrected chi connectivity index (χ4v) is 3.42. The molecule has 6 heteroatoms. The topological polar surface area (TPSA) is 71.1 Å². The SMILES string of the molecule is CCOc1cccc(C(=O)N2CCC(c3nc(C4CC4)n[nH]3)CC2)c1. The predicted octanol–water partition coefficient (Wildman–Crippen LogP) is 3.10. The highest BCUT2D eigenvalue weighted by molar-refractivity contribution is 5.94. The molecule has 0 unspecified atom stereocenters. The minimum atomic E-state index is 0.0799. The number of nitrogens with one attached hydrogen (secondary N) is 1. The van der Waals surface area contributed by atoms with Crippen molar-refractivity contribution in [3.05, 3.63) is 41.5 Å². The normalized spacial score (nSPS) is 18.4. The summed E-state index contributed by atoms with van der Waals surface area (Å²) < 4.78 is 5.50. The summed E-state index contributed by atoms with van der Waals surface area (Å²) in [5.74, 6) is 3.74. The van der Waals surface area contributed by atoms with Crippen LogP contribution >= 0.6 is 0 Å². The highest BCUT2D eigenvalue weighted by atomic mass is 16.5. The van der Waals surface area contributed by atoms with Crippen LogP contribution in [0.3, 0.4) is 0 Å². The lowest BCUT2D eigenvalue weighted by atomic mass is 9.95. The molecule has 2 heterocycles. The van der Waals surface area contributed by atoms with Crippen molar-refractivity contribution < 1.29 is 9.53 Å². The average molecular weight is 340 g/mol. The maximum Gasteiger partial charge on any atom is 0.253 e. The van der Waals surface area contributed by atoms with Crippen LogP contribution < -0.4 is 4.74 Å². The summed E-state index contributed by atoms with van der Waals surface area (Å²) in [6.07, 6.45) is 4.28. The van der Waals surface area contributed by atoms with E-state index in [1.165, 1.54) is 12.8 Å². The van der Waals surface area contributed by atoms with Gasteiger partial charge in [0.1, 0.15) is 11.6 Å². The van der Waals surface area contributed by atoms with E-state index in [2.05, 4.69) is 15.2 Å². The Kier molecular flexibility index (Phi) is 4.42. The summed E-state index contributed by atoms with van der Waals surface area (Å²) in [5, 5.41) is 7.46. The van der Waals surface area contributed by atoms with Gasteiger partial charge in [-0.2, -0.15) is 5.10 Å². The van der Waals surface area contributed by atoms with Gasteiger partial charge in [0.15, 0.2) is 5.82 Å². The lowest BCUT2D eigenvalue weighted by Crippen LogP contribution is -2.38. The molecule has 1 aromatic carbocycles. The van der Waals surface area contributed by atoms with Crippen LogP contribution in [0.5, 0.6) is 5.75 Å². The van der Waals surface area contributed by atoms with Crippen molar-refractivity contribution >= 4 is 5.91 Å². The van der Waals surface area contributed by atoms with Crippen LogP contribution in [0.1, 0.15) is 66.4 Å². The van der Waals surface area contributed by atoms with E-state index >= 15 is 0 Å². The highest BCUT2D eigenvalue weighted by Crippen LogP contribution is 2.38. The van der Waals surface area contributed by atoms with Crippen molar-refractivity contribution in [1.82, 2.24) is 20.1 Å².